The van der Waals surface area contributed by atoms with E-state index in [4.69, 9.17) is 0 Å². The summed E-state index contributed by atoms with van der Waals surface area (Å²) in [6, 6.07) is 9.45. The van der Waals surface area contributed by atoms with Gasteiger partial charge < -0.3 is 5.32 Å². The van der Waals surface area contributed by atoms with Crippen molar-refractivity contribution in [1.82, 2.24) is 0 Å². The zero-order valence-electron chi connectivity index (χ0n) is 11.4. The van der Waals surface area contributed by atoms with Gasteiger partial charge in [-0.1, -0.05) is 45.2 Å². The molecule has 17 heavy (non-hydrogen) atoms. The van der Waals surface area contributed by atoms with Gasteiger partial charge in [0.15, 0.2) is 0 Å². The molecule has 1 atom stereocenters. The SMILES string of the molecule is CC(CC1CCC1)Nc1cccc(C(C)C)c1. The van der Waals surface area contributed by atoms with Crippen molar-refractivity contribution in [2.24, 2.45) is 5.92 Å². The second-order valence-corrected chi connectivity index (χ2v) is 5.86. The fourth-order valence-electron chi connectivity index (χ4n) is 2.56. The Labute approximate surface area is 106 Å². The summed E-state index contributed by atoms with van der Waals surface area (Å²) >= 11 is 0. The largest absolute Gasteiger partial charge is 0.383 e. The third kappa shape index (κ3) is 3.49. The molecule has 1 aromatic carbocycles. The molecule has 0 amide bonds. The fraction of sp³-hybridized carbons (Fsp3) is 0.625. The molecule has 0 saturated heterocycles. The maximum absolute atomic E-state index is 3.64. The minimum Gasteiger partial charge on any atom is -0.383 e. The Bertz CT molecular complexity index is 352. The average molecular weight is 231 g/mol. The summed E-state index contributed by atoms with van der Waals surface area (Å²) in [5.41, 5.74) is 2.70. The normalized spacial score (nSPS) is 17.9. The van der Waals surface area contributed by atoms with Gasteiger partial charge in [-0.15, -0.1) is 0 Å². The highest BCUT2D eigenvalue weighted by atomic mass is 14.9. The maximum Gasteiger partial charge on any atom is 0.0345 e. The summed E-state index contributed by atoms with van der Waals surface area (Å²) in [6.45, 7) is 6.80. The first-order valence-corrected chi connectivity index (χ1v) is 7.01. The predicted molar refractivity (Wildman–Crippen MR) is 75.6 cm³/mol. The number of nitrogens with one attached hydrogen (secondary N) is 1. The number of anilines is 1. The zero-order valence-corrected chi connectivity index (χ0v) is 11.4. The minimum atomic E-state index is 0.600. The van der Waals surface area contributed by atoms with Gasteiger partial charge >= 0.3 is 0 Å². The van der Waals surface area contributed by atoms with E-state index in [-0.39, 0.29) is 0 Å². The second-order valence-electron chi connectivity index (χ2n) is 5.86. The van der Waals surface area contributed by atoms with Gasteiger partial charge in [0.1, 0.15) is 0 Å². The zero-order chi connectivity index (χ0) is 12.3. The molecule has 0 aliphatic heterocycles. The van der Waals surface area contributed by atoms with Crippen molar-refractivity contribution in [2.75, 3.05) is 5.32 Å². The van der Waals surface area contributed by atoms with E-state index in [0.717, 1.165) is 5.92 Å². The van der Waals surface area contributed by atoms with Gasteiger partial charge in [-0.2, -0.15) is 0 Å². The lowest BCUT2D eigenvalue weighted by Gasteiger charge is -2.29. The lowest BCUT2D eigenvalue weighted by molar-refractivity contribution is 0.286. The fourth-order valence-corrected chi connectivity index (χ4v) is 2.56. The van der Waals surface area contributed by atoms with E-state index in [9.17, 15) is 0 Å². The third-order valence-corrected chi connectivity index (χ3v) is 3.88. The van der Waals surface area contributed by atoms with Crippen LogP contribution in [-0.4, -0.2) is 6.04 Å². The second kappa shape index (κ2) is 5.57. The Morgan fingerprint density at radius 1 is 1.24 bits per heavy atom. The average Bonchev–Trinajstić information content (AvgIpc) is 2.24. The third-order valence-electron chi connectivity index (χ3n) is 3.88. The Kier molecular flexibility index (Phi) is 4.09. The molecule has 1 aromatic rings. The van der Waals surface area contributed by atoms with Crippen LogP contribution in [-0.2, 0) is 0 Å². The van der Waals surface area contributed by atoms with Gasteiger partial charge in [0.05, 0.1) is 0 Å². The summed E-state index contributed by atoms with van der Waals surface area (Å²) in [6.07, 6.45) is 5.65. The molecule has 1 N–H and O–H groups in total. The molecule has 1 unspecified atom stereocenters. The molecule has 1 aliphatic rings. The van der Waals surface area contributed by atoms with E-state index in [0.29, 0.717) is 12.0 Å². The molecule has 0 bridgehead atoms. The van der Waals surface area contributed by atoms with E-state index in [2.05, 4.69) is 50.4 Å². The van der Waals surface area contributed by atoms with Gasteiger partial charge in [0.25, 0.3) is 0 Å². The first-order chi connectivity index (χ1) is 8.15. The van der Waals surface area contributed by atoms with Crippen LogP contribution < -0.4 is 5.32 Å². The van der Waals surface area contributed by atoms with Crippen LogP contribution in [0.3, 0.4) is 0 Å². The number of rotatable bonds is 5. The van der Waals surface area contributed by atoms with Gasteiger partial charge in [0.2, 0.25) is 0 Å². The predicted octanol–water partition coefficient (Wildman–Crippen LogP) is 4.80. The van der Waals surface area contributed by atoms with Gasteiger partial charge in [-0.3, -0.25) is 0 Å². The quantitative estimate of drug-likeness (QED) is 0.767. The minimum absolute atomic E-state index is 0.600. The van der Waals surface area contributed by atoms with E-state index in [1.807, 2.05) is 0 Å². The smallest absolute Gasteiger partial charge is 0.0345 e. The molecule has 0 heterocycles. The molecule has 1 aliphatic carbocycles. The van der Waals surface area contributed by atoms with Crippen molar-refractivity contribution in [3.05, 3.63) is 29.8 Å². The van der Waals surface area contributed by atoms with Crippen molar-refractivity contribution >= 4 is 5.69 Å². The van der Waals surface area contributed by atoms with Crippen LogP contribution in [0.15, 0.2) is 24.3 Å². The summed E-state index contributed by atoms with van der Waals surface area (Å²) in [4.78, 5) is 0. The van der Waals surface area contributed by atoms with E-state index >= 15 is 0 Å². The molecule has 94 valence electrons. The van der Waals surface area contributed by atoms with Crippen molar-refractivity contribution < 1.29 is 0 Å². The summed E-state index contributed by atoms with van der Waals surface area (Å²) < 4.78 is 0. The molecule has 1 fully saturated rings. The molecular weight excluding hydrogens is 206 g/mol. The Hall–Kier alpha value is -0.980. The van der Waals surface area contributed by atoms with Crippen LogP contribution in [0.5, 0.6) is 0 Å². The van der Waals surface area contributed by atoms with Crippen LogP contribution in [0.1, 0.15) is 57.9 Å². The van der Waals surface area contributed by atoms with Gasteiger partial charge in [0, 0.05) is 11.7 Å². The highest BCUT2D eigenvalue weighted by Gasteiger charge is 2.19. The molecule has 0 radical (unpaired) electrons. The Balaban J connectivity index is 1.90. The van der Waals surface area contributed by atoms with Crippen LogP contribution in [0.25, 0.3) is 0 Å². The van der Waals surface area contributed by atoms with Gasteiger partial charge in [-0.25, -0.2) is 0 Å². The molecule has 0 aromatic heterocycles. The van der Waals surface area contributed by atoms with Crippen molar-refractivity contribution in [3.63, 3.8) is 0 Å². The molecular formula is C16H25N. The first-order valence-electron chi connectivity index (χ1n) is 7.01. The topological polar surface area (TPSA) is 12.0 Å². The lowest BCUT2D eigenvalue weighted by atomic mass is 9.81. The van der Waals surface area contributed by atoms with Crippen LogP contribution >= 0.6 is 0 Å². The van der Waals surface area contributed by atoms with E-state index in [1.54, 1.807) is 0 Å². The van der Waals surface area contributed by atoms with Crippen molar-refractivity contribution in [1.29, 1.82) is 0 Å². The Morgan fingerprint density at radius 3 is 2.59 bits per heavy atom. The molecule has 1 nitrogen and oxygen atoms in total. The first kappa shape index (κ1) is 12.5. The summed E-state index contributed by atoms with van der Waals surface area (Å²) in [7, 11) is 0. The molecule has 0 spiro atoms. The van der Waals surface area contributed by atoms with E-state index in [1.165, 1.54) is 36.9 Å². The molecule has 2 rings (SSSR count). The van der Waals surface area contributed by atoms with Crippen LogP contribution in [0.4, 0.5) is 5.69 Å². The highest BCUT2D eigenvalue weighted by molar-refractivity contribution is 5.47. The monoisotopic (exact) mass is 231 g/mol. The van der Waals surface area contributed by atoms with Crippen LogP contribution in [0.2, 0.25) is 0 Å². The lowest BCUT2D eigenvalue weighted by Crippen LogP contribution is -2.23. The van der Waals surface area contributed by atoms with Crippen LogP contribution in [0, 0.1) is 5.92 Å². The number of hydrogen-bond donors (Lipinski definition) is 1. The van der Waals surface area contributed by atoms with E-state index < -0.39 is 0 Å². The standard InChI is InChI=1S/C16H25N/c1-12(2)15-8-5-9-16(11-15)17-13(3)10-14-6-4-7-14/h5,8-9,11-14,17H,4,6-7,10H2,1-3H3. The van der Waals surface area contributed by atoms with Gasteiger partial charge in [-0.05, 0) is 42.9 Å². The number of benzene rings is 1. The maximum atomic E-state index is 3.64. The number of hydrogen-bond acceptors (Lipinski definition) is 1. The Morgan fingerprint density at radius 2 is 2.00 bits per heavy atom. The summed E-state index contributed by atoms with van der Waals surface area (Å²) in [5.74, 6) is 1.59. The highest BCUT2D eigenvalue weighted by Crippen LogP contribution is 2.31. The molecule has 1 heteroatoms. The molecule has 1 saturated carbocycles. The van der Waals surface area contributed by atoms with Crippen molar-refractivity contribution in [3.8, 4) is 0 Å². The van der Waals surface area contributed by atoms with Crippen molar-refractivity contribution in [2.45, 2.75) is 58.4 Å². The summed E-state index contributed by atoms with van der Waals surface area (Å²) in [5, 5.41) is 3.64.